The van der Waals surface area contributed by atoms with E-state index in [0.717, 1.165) is 48.6 Å². The molecule has 6 rings (SSSR count). The molecule has 3 atom stereocenters. The Morgan fingerprint density at radius 3 is 2.40 bits per heavy atom. The first-order valence-electron chi connectivity index (χ1n) is 18.4. The first-order valence-corrected chi connectivity index (χ1v) is 25.8. The molecule has 3 heterocycles. The summed E-state index contributed by atoms with van der Waals surface area (Å²) < 4.78 is 22.3. The van der Waals surface area contributed by atoms with E-state index < -0.39 is 16.1 Å². The Kier molecular flexibility index (Phi) is 10.5. The number of fused-ring (bicyclic) bond motifs is 3. The summed E-state index contributed by atoms with van der Waals surface area (Å²) in [6.45, 7) is 23.3. The lowest BCUT2D eigenvalue weighted by molar-refractivity contribution is -0.124. The van der Waals surface area contributed by atoms with Crippen LogP contribution in [0.1, 0.15) is 37.1 Å². The molecule has 2 aromatic heterocycles. The van der Waals surface area contributed by atoms with Crippen LogP contribution in [0.5, 0.6) is 0 Å². The van der Waals surface area contributed by atoms with Crippen LogP contribution in [0.2, 0.25) is 51.4 Å². The molecule has 0 spiro atoms. The Morgan fingerprint density at radius 2 is 1.76 bits per heavy atom. The average molecular weight is 720 g/mol. The molecule has 1 amide bonds. The van der Waals surface area contributed by atoms with Crippen molar-refractivity contribution in [1.29, 1.82) is 5.26 Å². The van der Waals surface area contributed by atoms with Crippen molar-refractivity contribution in [3.63, 3.8) is 0 Å². The van der Waals surface area contributed by atoms with Gasteiger partial charge in [-0.2, -0.15) is 10.4 Å². The fraction of sp³-hybridized carbons (Fsp3) is 0.676. The predicted octanol–water partition coefficient (Wildman–Crippen LogP) is 6.20. The highest BCUT2D eigenvalue weighted by atomic mass is 28.3. The van der Waals surface area contributed by atoms with Crippen LogP contribution in [0.15, 0.2) is 12.1 Å². The summed E-state index contributed by atoms with van der Waals surface area (Å²) in [6.07, 6.45) is 3.19. The highest BCUT2D eigenvalue weighted by molar-refractivity contribution is 6.76. The zero-order valence-electron chi connectivity index (χ0n) is 31.8. The van der Waals surface area contributed by atoms with E-state index in [4.69, 9.17) is 24.3 Å². The lowest BCUT2D eigenvalue weighted by Gasteiger charge is -2.33. The number of carbonyl (C=O) groups excluding carboxylic acids is 1. The van der Waals surface area contributed by atoms with Gasteiger partial charge < -0.3 is 19.1 Å². The number of nitrogens with zero attached hydrogens (tertiary/aromatic N) is 7. The van der Waals surface area contributed by atoms with E-state index in [2.05, 4.69) is 66.4 Å². The normalized spacial score (nSPS) is 21.5. The number of ether oxygens (including phenoxy) is 3. The molecule has 0 bridgehead atoms. The fourth-order valence-electron chi connectivity index (χ4n) is 7.32. The van der Waals surface area contributed by atoms with Gasteiger partial charge in [-0.1, -0.05) is 46.2 Å². The number of likely N-dealkylation sites (N-methyl/N-ethyl adjacent to an activating group) is 1. The lowest BCUT2D eigenvalue weighted by atomic mass is 9.87. The van der Waals surface area contributed by atoms with Gasteiger partial charge >= 0.3 is 0 Å². The maximum Gasteiger partial charge on any atom is 0.243 e. The van der Waals surface area contributed by atoms with Crippen LogP contribution in [-0.4, -0.2) is 98.9 Å². The predicted molar refractivity (Wildman–Crippen MR) is 203 cm³/mol. The standard InChI is InChI=1S/C37H57N7O4Si2/c1-26(42-10-12-46-13-11-42)36(45)41(3)31-20-30-32(18-27(31)23-38)43(24-47-14-16-49(4,5)6)35(39-30)34-29-19-28-21-37(28,2)22-33(29)44(40-34)25-48-15-17-50(7,8)9/h18,20,26,28H,10-17,19,21-22,24-25H2,1-9H3/t26-,28+,37+/m0/s1. The highest BCUT2D eigenvalue weighted by Crippen LogP contribution is 2.60. The summed E-state index contributed by atoms with van der Waals surface area (Å²) in [5, 5.41) is 15.6. The van der Waals surface area contributed by atoms with E-state index in [1.54, 1.807) is 11.9 Å². The number of imidazole rings is 1. The van der Waals surface area contributed by atoms with Gasteiger partial charge in [0.05, 0.1) is 41.5 Å². The topological polar surface area (TPSA) is 111 Å². The van der Waals surface area contributed by atoms with Crippen LogP contribution in [0.3, 0.4) is 0 Å². The molecular weight excluding hydrogens is 663 g/mol. The first-order chi connectivity index (χ1) is 23.6. The number of aromatic nitrogens is 4. The summed E-state index contributed by atoms with van der Waals surface area (Å²) >= 11 is 0. The minimum absolute atomic E-state index is 0.0634. The van der Waals surface area contributed by atoms with Crippen molar-refractivity contribution in [1.82, 2.24) is 24.2 Å². The van der Waals surface area contributed by atoms with E-state index >= 15 is 0 Å². The van der Waals surface area contributed by atoms with Crippen molar-refractivity contribution in [2.24, 2.45) is 11.3 Å². The van der Waals surface area contributed by atoms with Crippen LogP contribution in [0.4, 0.5) is 5.69 Å². The van der Waals surface area contributed by atoms with Gasteiger partial charge in [-0.3, -0.25) is 14.3 Å². The van der Waals surface area contributed by atoms with E-state index in [1.807, 2.05) is 19.1 Å². The molecule has 0 unspecified atom stereocenters. The lowest BCUT2D eigenvalue weighted by Crippen LogP contribution is -2.50. The maximum atomic E-state index is 13.8. The number of morpholine rings is 1. The monoisotopic (exact) mass is 719 g/mol. The average Bonchev–Trinajstić information content (AvgIpc) is 3.44. The second kappa shape index (κ2) is 14.3. The number of hydrogen-bond donors (Lipinski definition) is 0. The SMILES string of the molecule is C[C@@H](C(=O)N(C)c1cc2nc(-c3nn(COCC[Si](C)(C)C)c4c3C[C@@H]3C[C@]3(C)C4)n(COCC[Si](C)(C)C)c2cc1C#N)N1CCOCC1. The van der Waals surface area contributed by atoms with Gasteiger partial charge in [0.2, 0.25) is 5.91 Å². The van der Waals surface area contributed by atoms with E-state index in [1.165, 1.54) is 17.7 Å². The van der Waals surface area contributed by atoms with Crippen molar-refractivity contribution in [3.8, 4) is 17.6 Å². The van der Waals surface area contributed by atoms with Crippen LogP contribution >= 0.6 is 0 Å². The van der Waals surface area contributed by atoms with Gasteiger partial charge in [-0.25, -0.2) is 9.67 Å². The molecule has 2 fully saturated rings. The van der Waals surface area contributed by atoms with E-state index in [0.29, 0.717) is 74.5 Å². The maximum absolute atomic E-state index is 13.8. The Balaban J connectivity index is 1.39. The van der Waals surface area contributed by atoms with Gasteiger partial charge in [0, 0.05) is 60.8 Å². The Hall–Kier alpha value is -2.87. The van der Waals surface area contributed by atoms with E-state index in [-0.39, 0.29) is 11.9 Å². The summed E-state index contributed by atoms with van der Waals surface area (Å²) in [5.74, 6) is 1.33. The van der Waals surface area contributed by atoms with Gasteiger partial charge in [0.25, 0.3) is 0 Å². The number of carbonyl (C=O) groups is 1. The summed E-state index contributed by atoms with van der Waals surface area (Å²) in [6, 6.07) is 7.96. The third kappa shape index (κ3) is 7.95. The first kappa shape index (κ1) is 36.9. The molecule has 50 heavy (non-hydrogen) atoms. The quantitative estimate of drug-likeness (QED) is 0.143. The minimum Gasteiger partial charge on any atom is -0.379 e. The van der Waals surface area contributed by atoms with Gasteiger partial charge in [0.1, 0.15) is 25.2 Å². The molecule has 1 saturated heterocycles. The molecule has 1 aromatic carbocycles. The number of rotatable bonds is 14. The number of anilines is 1. The van der Waals surface area contributed by atoms with Crippen molar-refractivity contribution in [2.75, 3.05) is 51.5 Å². The molecule has 0 radical (unpaired) electrons. The van der Waals surface area contributed by atoms with E-state index in [9.17, 15) is 10.1 Å². The van der Waals surface area contributed by atoms with Crippen molar-refractivity contribution >= 4 is 38.8 Å². The Bertz CT molecular complexity index is 1760. The minimum atomic E-state index is -1.30. The summed E-state index contributed by atoms with van der Waals surface area (Å²) in [4.78, 5) is 22.7. The van der Waals surface area contributed by atoms with Crippen LogP contribution in [0, 0.1) is 22.7 Å². The number of hydrogen-bond acceptors (Lipinski definition) is 8. The molecule has 1 saturated carbocycles. The van der Waals surface area contributed by atoms with Crippen LogP contribution in [0.25, 0.3) is 22.6 Å². The van der Waals surface area contributed by atoms with Gasteiger partial charge in [-0.05, 0) is 61.7 Å². The third-order valence-electron chi connectivity index (χ3n) is 11.0. The van der Waals surface area contributed by atoms with Crippen molar-refractivity contribution in [2.45, 2.75) is 104 Å². The number of nitriles is 1. The Morgan fingerprint density at radius 1 is 1.10 bits per heavy atom. The number of amides is 1. The third-order valence-corrected chi connectivity index (χ3v) is 14.4. The van der Waals surface area contributed by atoms with Crippen LogP contribution < -0.4 is 4.90 Å². The second-order valence-electron chi connectivity index (χ2n) is 17.5. The zero-order valence-corrected chi connectivity index (χ0v) is 33.8. The molecule has 1 aliphatic heterocycles. The summed E-state index contributed by atoms with van der Waals surface area (Å²) in [7, 11) is -0.765. The molecule has 11 nitrogen and oxygen atoms in total. The molecule has 3 aromatic rings. The second-order valence-corrected chi connectivity index (χ2v) is 28.7. The van der Waals surface area contributed by atoms with Crippen molar-refractivity contribution < 1.29 is 19.0 Å². The van der Waals surface area contributed by atoms with Gasteiger partial charge in [-0.15, -0.1) is 0 Å². The van der Waals surface area contributed by atoms with Crippen LogP contribution in [-0.2, 0) is 45.3 Å². The molecule has 2 aliphatic carbocycles. The zero-order chi connectivity index (χ0) is 36.0. The molecule has 13 heteroatoms. The largest absolute Gasteiger partial charge is 0.379 e. The molecule has 272 valence electrons. The Labute approximate surface area is 299 Å². The molecular formula is C37H57N7O4Si2. The fourth-order valence-corrected chi connectivity index (χ4v) is 8.84. The highest BCUT2D eigenvalue weighted by Gasteiger charge is 2.54. The molecule has 0 N–H and O–H groups in total. The van der Waals surface area contributed by atoms with Crippen molar-refractivity contribution in [3.05, 3.63) is 29.0 Å². The van der Waals surface area contributed by atoms with Gasteiger partial charge in [0.15, 0.2) is 5.82 Å². The smallest absolute Gasteiger partial charge is 0.243 e. The molecule has 3 aliphatic rings. The number of benzene rings is 1. The summed E-state index contributed by atoms with van der Waals surface area (Å²) in [5.41, 5.74) is 6.20.